The largest absolute Gasteiger partial charge is 0.313 e. The van der Waals surface area contributed by atoms with Gasteiger partial charge in [0.25, 0.3) is 0 Å². The van der Waals surface area contributed by atoms with Crippen LogP contribution in [0.15, 0.2) is 52.1 Å². The number of halogens is 1. The summed E-state index contributed by atoms with van der Waals surface area (Å²) in [4.78, 5) is 6.84. The molecule has 0 saturated heterocycles. The molecule has 1 aromatic rings. The maximum Gasteiger partial charge on any atom is 0.173 e. The predicted molar refractivity (Wildman–Crippen MR) is 78.6 cm³/mol. The Morgan fingerprint density at radius 3 is 2.67 bits per heavy atom. The summed E-state index contributed by atoms with van der Waals surface area (Å²) in [5.41, 5.74) is 3.54. The van der Waals surface area contributed by atoms with Crippen molar-refractivity contribution in [3.63, 3.8) is 0 Å². The first-order valence-electron chi connectivity index (χ1n) is 5.80. The molecule has 18 heavy (non-hydrogen) atoms. The lowest BCUT2D eigenvalue weighted by molar-refractivity contribution is 0.450. The van der Waals surface area contributed by atoms with Crippen molar-refractivity contribution < 1.29 is 0 Å². The van der Waals surface area contributed by atoms with Crippen molar-refractivity contribution in [1.82, 2.24) is 4.90 Å². The molecule has 4 heteroatoms. The Kier molecular flexibility index (Phi) is 2.96. The number of allylic oxidation sites excluding steroid dienone is 2. The van der Waals surface area contributed by atoms with Gasteiger partial charge in [-0.1, -0.05) is 35.5 Å². The molecule has 0 N–H and O–H groups in total. The van der Waals surface area contributed by atoms with Crippen LogP contribution >= 0.6 is 23.4 Å². The van der Waals surface area contributed by atoms with Crippen LogP contribution in [0.3, 0.4) is 0 Å². The number of rotatable bonds is 1. The SMILES string of the molecule is CC1=CC(c2ccc(Cl)cc2)N2C(C)=CSC2=N1. The van der Waals surface area contributed by atoms with Crippen molar-refractivity contribution in [2.75, 3.05) is 0 Å². The number of hydrogen-bond acceptors (Lipinski definition) is 3. The Bertz CT molecular complexity index is 572. The smallest absolute Gasteiger partial charge is 0.173 e. The van der Waals surface area contributed by atoms with Crippen LogP contribution in [-0.2, 0) is 0 Å². The first-order valence-corrected chi connectivity index (χ1v) is 7.06. The van der Waals surface area contributed by atoms with Gasteiger partial charge < -0.3 is 4.90 Å². The topological polar surface area (TPSA) is 15.6 Å². The highest BCUT2D eigenvalue weighted by Gasteiger charge is 2.30. The fraction of sp³-hybridized carbons (Fsp3) is 0.214. The van der Waals surface area contributed by atoms with E-state index in [4.69, 9.17) is 11.6 Å². The molecule has 0 bridgehead atoms. The molecule has 0 spiro atoms. The van der Waals surface area contributed by atoms with Crippen molar-refractivity contribution in [3.8, 4) is 0 Å². The lowest BCUT2D eigenvalue weighted by Crippen LogP contribution is -2.29. The molecule has 2 nitrogen and oxygen atoms in total. The molecule has 92 valence electrons. The molecule has 0 fully saturated rings. The number of nitrogens with zero attached hydrogens (tertiary/aromatic N) is 2. The Hall–Kier alpha value is -1.19. The van der Waals surface area contributed by atoms with Crippen LogP contribution in [-0.4, -0.2) is 10.1 Å². The zero-order chi connectivity index (χ0) is 12.7. The monoisotopic (exact) mass is 276 g/mol. The Labute approximate surface area is 116 Å². The molecular formula is C14H13ClN2S. The molecule has 1 unspecified atom stereocenters. The summed E-state index contributed by atoms with van der Waals surface area (Å²) in [6.45, 7) is 4.16. The van der Waals surface area contributed by atoms with Gasteiger partial charge in [-0.05, 0) is 43.0 Å². The van der Waals surface area contributed by atoms with Gasteiger partial charge >= 0.3 is 0 Å². The van der Waals surface area contributed by atoms with E-state index in [-0.39, 0.29) is 6.04 Å². The molecule has 2 aliphatic rings. The molecule has 0 amide bonds. The summed E-state index contributed by atoms with van der Waals surface area (Å²) < 4.78 is 0. The third-order valence-corrected chi connectivity index (χ3v) is 4.29. The highest BCUT2D eigenvalue weighted by molar-refractivity contribution is 8.16. The van der Waals surface area contributed by atoms with Crippen LogP contribution in [0.5, 0.6) is 0 Å². The number of benzene rings is 1. The molecule has 0 aliphatic carbocycles. The fourth-order valence-corrected chi connectivity index (χ4v) is 3.30. The number of fused-ring (bicyclic) bond motifs is 1. The second kappa shape index (κ2) is 4.48. The number of amidine groups is 1. The van der Waals surface area contributed by atoms with E-state index in [1.807, 2.05) is 19.1 Å². The molecule has 0 saturated carbocycles. The van der Waals surface area contributed by atoms with Gasteiger partial charge in [0.05, 0.1) is 6.04 Å². The third kappa shape index (κ3) is 1.98. The van der Waals surface area contributed by atoms with Gasteiger partial charge in [-0.25, -0.2) is 4.99 Å². The van der Waals surface area contributed by atoms with E-state index in [2.05, 4.69) is 40.4 Å². The summed E-state index contributed by atoms with van der Waals surface area (Å²) in [5, 5.41) is 3.98. The molecule has 1 aromatic carbocycles. The van der Waals surface area contributed by atoms with E-state index in [0.29, 0.717) is 0 Å². The first-order chi connectivity index (χ1) is 8.65. The number of thioether (sulfide) groups is 1. The van der Waals surface area contributed by atoms with Gasteiger partial charge in [-0.3, -0.25) is 0 Å². The third-order valence-electron chi connectivity index (χ3n) is 3.08. The molecule has 2 aliphatic heterocycles. The van der Waals surface area contributed by atoms with Gasteiger partial charge in [0.2, 0.25) is 0 Å². The van der Waals surface area contributed by atoms with Gasteiger partial charge in [-0.2, -0.15) is 0 Å². The molecular weight excluding hydrogens is 264 g/mol. The maximum absolute atomic E-state index is 5.95. The predicted octanol–water partition coefficient (Wildman–Crippen LogP) is 4.56. The highest BCUT2D eigenvalue weighted by Crippen LogP contribution is 2.39. The van der Waals surface area contributed by atoms with Gasteiger partial charge in [0.15, 0.2) is 5.17 Å². The van der Waals surface area contributed by atoms with Crippen molar-refractivity contribution in [2.24, 2.45) is 4.99 Å². The van der Waals surface area contributed by atoms with E-state index >= 15 is 0 Å². The fourth-order valence-electron chi connectivity index (χ4n) is 2.22. The summed E-state index contributed by atoms with van der Waals surface area (Å²) in [7, 11) is 0. The van der Waals surface area contributed by atoms with Crippen molar-refractivity contribution in [2.45, 2.75) is 19.9 Å². The van der Waals surface area contributed by atoms with Gasteiger partial charge in [0.1, 0.15) is 0 Å². The summed E-state index contributed by atoms with van der Waals surface area (Å²) in [6, 6.07) is 8.26. The Morgan fingerprint density at radius 1 is 1.22 bits per heavy atom. The van der Waals surface area contributed by atoms with Crippen LogP contribution in [0.4, 0.5) is 0 Å². The lowest BCUT2D eigenvalue weighted by Gasteiger charge is -2.32. The summed E-state index contributed by atoms with van der Waals surface area (Å²) in [6.07, 6.45) is 2.19. The van der Waals surface area contributed by atoms with E-state index in [1.54, 1.807) is 11.8 Å². The normalized spacial score (nSPS) is 22.3. The molecule has 0 aromatic heterocycles. The summed E-state index contributed by atoms with van der Waals surface area (Å²) >= 11 is 7.64. The minimum atomic E-state index is 0.223. The van der Waals surface area contributed by atoms with Gasteiger partial charge in [-0.15, -0.1) is 0 Å². The van der Waals surface area contributed by atoms with Gasteiger partial charge in [0, 0.05) is 16.4 Å². The Balaban J connectivity index is 2.03. The summed E-state index contributed by atoms with van der Waals surface area (Å²) in [5.74, 6) is 0. The Morgan fingerprint density at radius 2 is 1.94 bits per heavy atom. The van der Waals surface area contributed by atoms with Crippen LogP contribution in [0, 0.1) is 0 Å². The van der Waals surface area contributed by atoms with E-state index in [1.165, 1.54) is 11.3 Å². The lowest BCUT2D eigenvalue weighted by atomic mass is 10.0. The molecule has 0 radical (unpaired) electrons. The van der Waals surface area contributed by atoms with Crippen molar-refractivity contribution in [1.29, 1.82) is 0 Å². The average molecular weight is 277 g/mol. The van der Waals surface area contributed by atoms with E-state index in [9.17, 15) is 0 Å². The van der Waals surface area contributed by atoms with Crippen LogP contribution in [0.2, 0.25) is 5.02 Å². The average Bonchev–Trinajstić information content (AvgIpc) is 2.71. The quantitative estimate of drug-likeness (QED) is 0.747. The molecule has 1 atom stereocenters. The second-order valence-corrected chi connectivity index (χ2v) is 5.72. The number of hydrogen-bond donors (Lipinski definition) is 0. The standard InChI is InChI=1S/C14H13ClN2S/c1-9-7-13(11-3-5-12(15)6-4-11)17-10(2)8-18-14(17)16-9/h3-8,13H,1-2H3. The highest BCUT2D eigenvalue weighted by atomic mass is 35.5. The first kappa shape index (κ1) is 11.9. The zero-order valence-electron chi connectivity index (χ0n) is 10.2. The second-order valence-electron chi connectivity index (χ2n) is 4.45. The van der Waals surface area contributed by atoms with Crippen LogP contribution in [0.1, 0.15) is 25.5 Å². The van der Waals surface area contributed by atoms with E-state index in [0.717, 1.165) is 15.9 Å². The minimum absolute atomic E-state index is 0.223. The van der Waals surface area contributed by atoms with Crippen LogP contribution in [0.25, 0.3) is 0 Å². The zero-order valence-corrected chi connectivity index (χ0v) is 11.8. The number of aliphatic imine (C=N–C) groups is 1. The molecule has 3 rings (SSSR count). The van der Waals surface area contributed by atoms with E-state index < -0.39 is 0 Å². The maximum atomic E-state index is 5.95. The van der Waals surface area contributed by atoms with Crippen LogP contribution < -0.4 is 0 Å². The van der Waals surface area contributed by atoms with Crippen molar-refractivity contribution in [3.05, 3.63) is 57.7 Å². The molecule has 2 heterocycles. The van der Waals surface area contributed by atoms with Crippen molar-refractivity contribution >= 4 is 28.5 Å². The minimum Gasteiger partial charge on any atom is -0.313 e.